The van der Waals surface area contributed by atoms with Crippen molar-refractivity contribution in [3.05, 3.63) is 0 Å². The van der Waals surface area contributed by atoms with Gasteiger partial charge in [0.2, 0.25) is 23.6 Å². The van der Waals surface area contributed by atoms with Crippen LogP contribution in [-0.2, 0) is 19.2 Å². The first kappa shape index (κ1) is 17.9. The van der Waals surface area contributed by atoms with E-state index in [0.717, 1.165) is 25.7 Å². The van der Waals surface area contributed by atoms with Crippen LogP contribution in [0.1, 0.15) is 52.9 Å². The number of carbonyl (C=O) groups excluding carboxylic acids is 4. The Kier molecular flexibility index (Phi) is 4.60. The molecule has 0 unspecified atom stereocenters. The minimum Gasteiger partial charge on any atom is -0.341 e. The normalized spacial score (nSPS) is 27.2. The van der Waals surface area contributed by atoms with E-state index in [4.69, 9.17) is 0 Å². The Hall–Kier alpha value is -1.92. The summed E-state index contributed by atoms with van der Waals surface area (Å²) in [6.45, 7) is 6.72. The summed E-state index contributed by atoms with van der Waals surface area (Å²) in [5, 5.41) is 2.30. The van der Waals surface area contributed by atoms with Gasteiger partial charge in [0.1, 0.15) is 6.04 Å². The van der Waals surface area contributed by atoms with Gasteiger partial charge in [-0.3, -0.25) is 24.5 Å². The van der Waals surface area contributed by atoms with E-state index < -0.39 is 11.5 Å². The van der Waals surface area contributed by atoms with Crippen molar-refractivity contribution in [1.29, 1.82) is 0 Å². The Bertz CT molecular complexity index is 606. The van der Waals surface area contributed by atoms with Gasteiger partial charge in [0.15, 0.2) is 0 Å². The van der Waals surface area contributed by atoms with Crippen molar-refractivity contribution in [3.8, 4) is 0 Å². The van der Waals surface area contributed by atoms with Crippen LogP contribution in [0.3, 0.4) is 0 Å². The number of rotatable bonds is 3. The van der Waals surface area contributed by atoms with E-state index in [1.165, 1.54) is 0 Å². The van der Waals surface area contributed by atoms with Gasteiger partial charge >= 0.3 is 0 Å². The quantitative estimate of drug-likeness (QED) is 0.759. The number of hydrogen-bond donors (Lipinski definition) is 1. The predicted octanol–water partition coefficient (Wildman–Crippen LogP) is 0.677. The number of nitrogens with one attached hydrogen (secondary N) is 1. The minimum atomic E-state index is -0.679. The van der Waals surface area contributed by atoms with E-state index in [9.17, 15) is 19.2 Å². The third kappa shape index (κ3) is 3.70. The Morgan fingerprint density at radius 3 is 2.36 bits per heavy atom. The molecule has 2 saturated heterocycles. The summed E-state index contributed by atoms with van der Waals surface area (Å²) in [5.41, 5.74) is -0.473. The molecule has 1 aliphatic carbocycles. The van der Waals surface area contributed by atoms with E-state index in [1.54, 1.807) is 9.80 Å². The molecule has 0 spiro atoms. The average Bonchev–Trinajstić information content (AvgIpc) is 3.31. The second-order valence-corrected chi connectivity index (χ2v) is 8.45. The first-order valence-corrected chi connectivity index (χ1v) is 9.13. The monoisotopic (exact) mass is 349 g/mol. The third-order valence-corrected chi connectivity index (χ3v) is 5.17. The zero-order valence-corrected chi connectivity index (χ0v) is 15.2. The molecule has 7 heteroatoms. The molecule has 1 N–H and O–H groups in total. The highest BCUT2D eigenvalue weighted by Gasteiger charge is 2.47. The number of imide groups is 1. The van der Waals surface area contributed by atoms with Crippen LogP contribution in [-0.4, -0.2) is 58.6 Å². The van der Waals surface area contributed by atoms with Crippen LogP contribution < -0.4 is 5.32 Å². The molecule has 3 aliphatic rings. The second-order valence-electron chi connectivity index (χ2n) is 8.45. The van der Waals surface area contributed by atoms with Crippen LogP contribution in [0.5, 0.6) is 0 Å². The lowest BCUT2D eigenvalue weighted by Gasteiger charge is -2.38. The maximum absolute atomic E-state index is 13.1. The molecule has 4 amide bonds. The van der Waals surface area contributed by atoms with Gasteiger partial charge in [-0.25, -0.2) is 0 Å². The fourth-order valence-electron chi connectivity index (χ4n) is 3.75. The standard InChI is InChI=1S/C18H27N3O4/c1-18(2,3)17(25)20-8-4-5-11(10-20)16(24)21(12-6-7-12)13-9-14(22)19-15(13)23/h11-13H,4-10H2,1-3H3,(H,19,22,23)/t11-,13-/m0/s1. The van der Waals surface area contributed by atoms with Crippen molar-refractivity contribution < 1.29 is 19.2 Å². The smallest absolute Gasteiger partial charge is 0.249 e. The van der Waals surface area contributed by atoms with Gasteiger partial charge in [-0.2, -0.15) is 0 Å². The van der Waals surface area contributed by atoms with E-state index in [-0.39, 0.29) is 42.0 Å². The summed E-state index contributed by atoms with van der Waals surface area (Å²) in [7, 11) is 0. The van der Waals surface area contributed by atoms with Gasteiger partial charge in [-0.15, -0.1) is 0 Å². The maximum atomic E-state index is 13.1. The maximum Gasteiger partial charge on any atom is 0.249 e. The fourth-order valence-corrected chi connectivity index (χ4v) is 3.75. The molecule has 138 valence electrons. The van der Waals surface area contributed by atoms with Crippen LogP contribution in [0, 0.1) is 11.3 Å². The summed E-state index contributed by atoms with van der Waals surface area (Å²) >= 11 is 0. The highest BCUT2D eigenvalue weighted by Crippen LogP contribution is 2.34. The number of carbonyl (C=O) groups is 4. The van der Waals surface area contributed by atoms with Crippen molar-refractivity contribution in [2.45, 2.75) is 65.0 Å². The topological polar surface area (TPSA) is 86.8 Å². The predicted molar refractivity (Wildman–Crippen MR) is 90.2 cm³/mol. The zero-order chi connectivity index (χ0) is 18.4. The van der Waals surface area contributed by atoms with Gasteiger partial charge in [0.05, 0.1) is 12.3 Å². The summed E-state index contributed by atoms with van der Waals surface area (Å²) in [5.74, 6) is -1.00. The second kappa shape index (κ2) is 6.42. The van der Waals surface area contributed by atoms with Gasteiger partial charge in [-0.05, 0) is 25.7 Å². The number of nitrogens with zero attached hydrogens (tertiary/aromatic N) is 2. The lowest BCUT2D eigenvalue weighted by molar-refractivity contribution is -0.148. The fraction of sp³-hybridized carbons (Fsp3) is 0.778. The lowest BCUT2D eigenvalue weighted by Crippen LogP contribution is -2.53. The molecule has 0 bridgehead atoms. The average molecular weight is 349 g/mol. The van der Waals surface area contributed by atoms with E-state index in [0.29, 0.717) is 13.1 Å². The highest BCUT2D eigenvalue weighted by molar-refractivity contribution is 6.07. The van der Waals surface area contributed by atoms with Crippen molar-refractivity contribution in [2.24, 2.45) is 11.3 Å². The Morgan fingerprint density at radius 1 is 1.16 bits per heavy atom. The van der Waals surface area contributed by atoms with Gasteiger partial charge < -0.3 is 9.80 Å². The van der Waals surface area contributed by atoms with Gasteiger partial charge in [0, 0.05) is 24.5 Å². The van der Waals surface area contributed by atoms with Gasteiger partial charge in [-0.1, -0.05) is 20.8 Å². The third-order valence-electron chi connectivity index (χ3n) is 5.17. The molecule has 2 aliphatic heterocycles. The van der Waals surface area contributed by atoms with Crippen molar-refractivity contribution in [1.82, 2.24) is 15.1 Å². The zero-order valence-electron chi connectivity index (χ0n) is 15.2. The van der Waals surface area contributed by atoms with Crippen LogP contribution >= 0.6 is 0 Å². The number of likely N-dealkylation sites (tertiary alicyclic amines) is 1. The summed E-state index contributed by atoms with van der Waals surface area (Å²) < 4.78 is 0. The number of hydrogen-bond acceptors (Lipinski definition) is 4. The molecule has 0 aromatic carbocycles. The molecular formula is C18H27N3O4. The molecule has 3 fully saturated rings. The number of amides is 4. The van der Waals surface area contributed by atoms with Crippen LogP contribution in [0.25, 0.3) is 0 Å². The first-order chi connectivity index (χ1) is 11.7. The van der Waals surface area contributed by atoms with Crippen molar-refractivity contribution in [2.75, 3.05) is 13.1 Å². The summed E-state index contributed by atoms with van der Waals surface area (Å²) in [6.07, 6.45) is 3.31. The Balaban J connectivity index is 1.73. The molecule has 0 aromatic heterocycles. The van der Waals surface area contributed by atoms with Crippen molar-refractivity contribution >= 4 is 23.6 Å². The molecule has 0 aromatic rings. The Labute approximate surface area is 148 Å². The molecule has 1 saturated carbocycles. The van der Waals surface area contributed by atoms with Crippen molar-refractivity contribution in [3.63, 3.8) is 0 Å². The molecule has 25 heavy (non-hydrogen) atoms. The van der Waals surface area contributed by atoms with E-state index in [1.807, 2.05) is 20.8 Å². The molecule has 0 radical (unpaired) electrons. The largest absolute Gasteiger partial charge is 0.341 e. The molecular weight excluding hydrogens is 322 g/mol. The van der Waals surface area contributed by atoms with Gasteiger partial charge in [0.25, 0.3) is 0 Å². The lowest BCUT2D eigenvalue weighted by atomic mass is 9.90. The number of piperidine rings is 1. The van der Waals surface area contributed by atoms with Crippen LogP contribution in [0.15, 0.2) is 0 Å². The SMILES string of the molecule is CC(C)(C)C(=O)N1CCC[C@H](C(=O)N(C2CC2)[C@H]2CC(=O)NC2=O)C1. The van der Waals surface area contributed by atoms with E-state index >= 15 is 0 Å². The Morgan fingerprint density at radius 2 is 1.84 bits per heavy atom. The first-order valence-electron chi connectivity index (χ1n) is 9.13. The summed E-state index contributed by atoms with van der Waals surface area (Å²) in [4.78, 5) is 52.7. The summed E-state index contributed by atoms with van der Waals surface area (Å²) in [6, 6.07) is -0.621. The molecule has 3 rings (SSSR count). The van der Waals surface area contributed by atoms with E-state index in [2.05, 4.69) is 5.32 Å². The van der Waals surface area contributed by atoms with Crippen LogP contribution in [0.4, 0.5) is 0 Å². The molecule has 2 atom stereocenters. The molecule has 7 nitrogen and oxygen atoms in total. The highest BCUT2D eigenvalue weighted by atomic mass is 16.2. The molecule has 2 heterocycles. The minimum absolute atomic E-state index is 0.0526. The van der Waals surface area contributed by atoms with Crippen LogP contribution in [0.2, 0.25) is 0 Å².